The van der Waals surface area contributed by atoms with E-state index in [0.717, 1.165) is 54.7 Å². The van der Waals surface area contributed by atoms with Crippen molar-refractivity contribution in [2.45, 2.75) is 31.1 Å². The molecule has 0 radical (unpaired) electrons. The second-order valence-corrected chi connectivity index (χ2v) is 16.8. The molecule has 246 valence electrons. The second kappa shape index (κ2) is 8.74. The lowest BCUT2D eigenvalue weighted by atomic mass is 9.22. The maximum Gasteiger partial charge on any atom is 0.130 e. The van der Waals surface area contributed by atoms with E-state index in [4.69, 9.17) is 18.9 Å². The number of allylic oxidation sites excluding steroid dienone is 2. The highest BCUT2D eigenvalue weighted by molar-refractivity contribution is 6.05. The summed E-state index contributed by atoms with van der Waals surface area (Å²) in [6, 6.07) is 13.2. The minimum Gasteiger partial charge on any atom is -0.496 e. The molecule has 0 unspecified atom stereocenters. The van der Waals surface area contributed by atoms with Gasteiger partial charge >= 0.3 is 0 Å². The third-order valence-electron chi connectivity index (χ3n) is 17.0. The van der Waals surface area contributed by atoms with Crippen LogP contribution in [0.2, 0.25) is 0 Å². The standard InChI is InChI=1S/C41H46O6/c1-44-18-40-28-15-29(35-34(28)38(16-42)22-9-10-23(13-22)39(35,38)17-43)41(40,19-45-2)33-27-14-26(32(33)40)30-31(27)37(47-4)25-12-21-8-6-5-7-20(21)11-24(25)36(30)46-3/h5-12,22-23,26-29,32-35,42-43H,13-19H2,1-4H3/t22-,23+,26+,27-,28-,29+,32+,33-,34+,35-,38-,39+,40-,41+. The molecule has 3 aromatic carbocycles. The van der Waals surface area contributed by atoms with Crippen LogP contribution >= 0.6 is 0 Å². The van der Waals surface area contributed by atoms with Gasteiger partial charge in [0.15, 0.2) is 0 Å². The Balaban J connectivity index is 1.15. The molecule has 6 bridgehead atoms. The number of ether oxygens (including phenoxy) is 4. The van der Waals surface area contributed by atoms with Crippen LogP contribution < -0.4 is 9.47 Å². The van der Waals surface area contributed by atoms with Gasteiger partial charge in [0, 0.05) is 57.8 Å². The summed E-state index contributed by atoms with van der Waals surface area (Å²) in [4.78, 5) is 0. The molecule has 2 N–H and O–H groups in total. The zero-order chi connectivity index (χ0) is 31.8. The fourth-order valence-corrected chi connectivity index (χ4v) is 16.6. The first-order chi connectivity index (χ1) is 23.0. The van der Waals surface area contributed by atoms with E-state index in [2.05, 4.69) is 48.6 Å². The van der Waals surface area contributed by atoms with Gasteiger partial charge in [-0.25, -0.2) is 0 Å². The number of aliphatic hydroxyl groups is 2. The van der Waals surface area contributed by atoms with Crippen LogP contribution in [-0.2, 0) is 9.47 Å². The van der Waals surface area contributed by atoms with Gasteiger partial charge in [0.1, 0.15) is 11.5 Å². The van der Waals surface area contributed by atoms with Crippen molar-refractivity contribution in [3.8, 4) is 11.5 Å². The Bertz CT molecular complexity index is 1790. The Kier molecular flexibility index (Phi) is 5.25. The Morgan fingerprint density at radius 1 is 0.617 bits per heavy atom. The molecule has 8 aliphatic carbocycles. The largest absolute Gasteiger partial charge is 0.496 e. The molecule has 0 spiro atoms. The summed E-state index contributed by atoms with van der Waals surface area (Å²) in [5, 5.41) is 27.5. The predicted molar refractivity (Wildman–Crippen MR) is 179 cm³/mol. The van der Waals surface area contributed by atoms with Crippen molar-refractivity contribution >= 4 is 21.5 Å². The van der Waals surface area contributed by atoms with E-state index in [1.807, 2.05) is 28.4 Å². The summed E-state index contributed by atoms with van der Waals surface area (Å²) in [7, 11) is 7.49. The first kappa shape index (κ1) is 28.2. The van der Waals surface area contributed by atoms with Gasteiger partial charge in [-0.1, -0.05) is 36.4 Å². The molecule has 0 aliphatic heterocycles. The van der Waals surface area contributed by atoms with Crippen molar-refractivity contribution < 1.29 is 29.2 Å². The lowest BCUT2D eigenvalue weighted by Crippen LogP contribution is -2.82. The minimum atomic E-state index is -0.218. The van der Waals surface area contributed by atoms with Crippen LogP contribution in [0.5, 0.6) is 11.5 Å². The molecule has 47 heavy (non-hydrogen) atoms. The number of hydrogen-bond acceptors (Lipinski definition) is 6. The van der Waals surface area contributed by atoms with E-state index in [9.17, 15) is 10.2 Å². The van der Waals surface area contributed by atoms with Gasteiger partial charge in [-0.15, -0.1) is 0 Å². The average Bonchev–Trinajstić information content (AvgIpc) is 3.91. The van der Waals surface area contributed by atoms with Gasteiger partial charge < -0.3 is 29.2 Å². The van der Waals surface area contributed by atoms with Crippen molar-refractivity contribution in [2.75, 3.05) is 54.9 Å². The molecule has 6 nitrogen and oxygen atoms in total. The fourth-order valence-electron chi connectivity index (χ4n) is 16.6. The van der Waals surface area contributed by atoms with Gasteiger partial charge in [-0.3, -0.25) is 0 Å². The van der Waals surface area contributed by atoms with E-state index in [0.29, 0.717) is 59.2 Å². The molecule has 0 heterocycles. The highest BCUT2D eigenvalue weighted by Crippen LogP contribution is 2.97. The average molecular weight is 635 g/mol. The van der Waals surface area contributed by atoms with Crippen LogP contribution in [0.15, 0.2) is 48.6 Å². The highest BCUT2D eigenvalue weighted by Gasteiger charge is 2.95. The summed E-state index contributed by atoms with van der Waals surface area (Å²) in [5.41, 5.74) is 2.25. The van der Waals surface area contributed by atoms with E-state index in [1.54, 1.807) is 0 Å². The lowest BCUT2D eigenvalue weighted by Gasteiger charge is -2.82. The Hall–Kier alpha value is -2.64. The van der Waals surface area contributed by atoms with Crippen molar-refractivity contribution in [3.05, 3.63) is 59.7 Å². The number of fused-ring (bicyclic) bond motifs is 27. The first-order valence-corrected chi connectivity index (χ1v) is 18.0. The monoisotopic (exact) mass is 634 g/mol. The van der Waals surface area contributed by atoms with Gasteiger partial charge in [-0.05, 0) is 101 Å². The summed E-state index contributed by atoms with van der Waals surface area (Å²) >= 11 is 0. The van der Waals surface area contributed by atoms with Crippen molar-refractivity contribution in [1.29, 1.82) is 0 Å². The zero-order valence-corrected chi connectivity index (χ0v) is 27.9. The molecule has 11 rings (SSSR count). The normalized spacial score (nSPS) is 47.9. The third kappa shape index (κ3) is 2.47. The Morgan fingerprint density at radius 3 is 1.49 bits per heavy atom. The van der Waals surface area contributed by atoms with E-state index in [-0.39, 0.29) is 34.9 Å². The van der Waals surface area contributed by atoms with E-state index in [1.165, 1.54) is 21.9 Å². The number of hydrogen-bond donors (Lipinski definition) is 2. The van der Waals surface area contributed by atoms with Crippen molar-refractivity contribution in [2.24, 2.45) is 69.0 Å². The van der Waals surface area contributed by atoms with Gasteiger partial charge in [0.25, 0.3) is 0 Å². The van der Waals surface area contributed by atoms with E-state index >= 15 is 0 Å². The van der Waals surface area contributed by atoms with Crippen molar-refractivity contribution in [3.63, 3.8) is 0 Å². The molecule has 14 atom stereocenters. The molecular weight excluding hydrogens is 588 g/mol. The number of benzene rings is 3. The quantitative estimate of drug-likeness (QED) is 0.134. The molecule has 6 heteroatoms. The van der Waals surface area contributed by atoms with E-state index < -0.39 is 0 Å². The summed E-state index contributed by atoms with van der Waals surface area (Å²) in [5.74, 6) is 6.20. The fraction of sp³-hybridized carbons (Fsp3) is 0.610. The van der Waals surface area contributed by atoms with Crippen molar-refractivity contribution in [1.82, 2.24) is 0 Å². The maximum atomic E-state index is 11.4. The highest BCUT2D eigenvalue weighted by atomic mass is 16.5. The maximum absolute atomic E-state index is 11.4. The Morgan fingerprint density at radius 2 is 1.09 bits per heavy atom. The minimum absolute atomic E-state index is 0.0305. The Labute approximate surface area is 276 Å². The molecule has 6 fully saturated rings. The zero-order valence-electron chi connectivity index (χ0n) is 27.9. The molecule has 0 saturated heterocycles. The summed E-state index contributed by atoms with van der Waals surface area (Å²) in [6.07, 6.45) is 8.15. The van der Waals surface area contributed by atoms with Gasteiger partial charge in [0.05, 0.1) is 40.6 Å². The van der Waals surface area contributed by atoms with Crippen LogP contribution in [-0.4, -0.2) is 65.1 Å². The lowest BCUT2D eigenvalue weighted by molar-refractivity contribution is -0.372. The first-order valence-electron chi connectivity index (χ1n) is 18.0. The number of rotatable bonds is 8. The number of aliphatic hydroxyl groups excluding tert-OH is 2. The third-order valence-corrected chi connectivity index (χ3v) is 17.0. The topological polar surface area (TPSA) is 77.4 Å². The smallest absolute Gasteiger partial charge is 0.130 e. The molecular formula is C41H46O6. The SMILES string of the molecule is COC[C@@]12[C@@H]3[C@@H]([C@@H]4C[C@H]3c3c4c(OC)c4cc5ccccc5cc4c3OC)[C@]1(COC)[C@H]1C[C@@H]2[C@H]2[C@@H]1[C@]1(CO)[C@H]3C=C[C@H](C3)[C@]21CO. The van der Waals surface area contributed by atoms with Gasteiger partial charge in [-0.2, -0.15) is 0 Å². The van der Waals surface area contributed by atoms with Crippen LogP contribution in [0, 0.1) is 69.0 Å². The second-order valence-electron chi connectivity index (χ2n) is 16.8. The van der Waals surface area contributed by atoms with Crippen LogP contribution in [0.3, 0.4) is 0 Å². The molecule has 6 saturated carbocycles. The molecule has 0 amide bonds. The van der Waals surface area contributed by atoms with Gasteiger partial charge in [0.2, 0.25) is 0 Å². The summed E-state index contributed by atoms with van der Waals surface area (Å²) in [6.45, 7) is 1.82. The van der Waals surface area contributed by atoms with Crippen LogP contribution in [0.1, 0.15) is 42.2 Å². The molecule has 0 aromatic heterocycles. The van der Waals surface area contributed by atoms with Crippen LogP contribution in [0.25, 0.3) is 21.5 Å². The predicted octanol–water partition coefficient (Wildman–Crippen LogP) is 6.17. The summed E-state index contributed by atoms with van der Waals surface area (Å²) < 4.78 is 25.6. The molecule has 3 aromatic rings. The number of methoxy groups -OCH3 is 4. The van der Waals surface area contributed by atoms with Crippen LogP contribution in [0.4, 0.5) is 0 Å². The molecule has 8 aliphatic rings.